The molecule has 0 saturated heterocycles. The Balaban J connectivity index is 1.02. The fourth-order valence-corrected chi connectivity index (χ4v) is 13.6. The Labute approximate surface area is 430 Å². The molecule has 2 aliphatic rings. The van der Waals surface area contributed by atoms with Gasteiger partial charge in [-0.2, -0.15) is 0 Å². The van der Waals surface area contributed by atoms with Crippen molar-refractivity contribution in [2.45, 2.75) is 11.8 Å². The van der Waals surface area contributed by atoms with Crippen LogP contribution in [0.5, 0.6) is 57.5 Å². The number of hydrogen-bond acceptors (Lipinski definition) is 8. The van der Waals surface area contributed by atoms with Crippen molar-refractivity contribution in [3.63, 3.8) is 0 Å². The van der Waals surface area contributed by atoms with Crippen LogP contribution in [0.3, 0.4) is 0 Å². The molecule has 10 aromatic carbocycles. The largest absolute Gasteiger partial charge is 0.508 e. The Hall–Kier alpha value is -5.44. The van der Waals surface area contributed by atoms with E-state index in [4.69, 9.17) is 9.47 Å². The molecule has 0 aromatic heterocycles. The summed E-state index contributed by atoms with van der Waals surface area (Å²) in [5.41, 5.74) is 6.38. The van der Waals surface area contributed by atoms with Gasteiger partial charge in [-0.25, -0.2) is 0 Å². The van der Waals surface area contributed by atoms with Crippen molar-refractivity contribution in [2.75, 3.05) is 0 Å². The number of benzene rings is 10. The highest BCUT2D eigenvalue weighted by Crippen LogP contribution is 2.57. The van der Waals surface area contributed by atoms with E-state index in [0.717, 1.165) is 62.1 Å². The van der Waals surface area contributed by atoms with Gasteiger partial charge in [-0.05, 0) is 195 Å². The van der Waals surface area contributed by atoms with Crippen LogP contribution in [0.4, 0.5) is 0 Å². The lowest BCUT2D eigenvalue weighted by molar-refractivity contribution is 0.447. The molecule has 2 atom stereocenters. The summed E-state index contributed by atoms with van der Waals surface area (Å²) in [5.74, 6) is 1.97. The van der Waals surface area contributed by atoms with Crippen LogP contribution in [0.2, 0.25) is 0 Å². The molecule has 12 heteroatoms. The van der Waals surface area contributed by atoms with Crippen molar-refractivity contribution >= 4 is 133 Å². The third kappa shape index (κ3) is 6.44. The first kappa shape index (κ1) is 42.0. The molecule has 0 bridgehead atoms. The molecule has 2 unspecified atom stereocenters. The molecule has 0 radical (unpaired) electrons. The summed E-state index contributed by atoms with van der Waals surface area (Å²) >= 11 is 8.58. The molecule has 2 heterocycles. The number of halogens is 4. The summed E-state index contributed by atoms with van der Waals surface area (Å²) in [4.78, 5) is 0. The van der Waals surface area contributed by atoms with Crippen molar-refractivity contribution in [1.29, 1.82) is 0 Å². The molecule has 322 valence electrons. The molecule has 0 spiro atoms. The molecule has 0 fully saturated rings. The molecule has 2 aliphatic heterocycles. The lowest BCUT2D eigenvalue weighted by Crippen LogP contribution is -2.13. The number of ether oxygens (including phenoxy) is 2. The molecule has 6 N–H and O–H groups in total. The van der Waals surface area contributed by atoms with E-state index in [-0.39, 0.29) is 46.3 Å². The van der Waals surface area contributed by atoms with E-state index in [9.17, 15) is 30.6 Å². The maximum atomic E-state index is 12.1. The van der Waals surface area contributed by atoms with Gasteiger partial charge in [0.1, 0.15) is 57.5 Å². The lowest BCUT2D eigenvalue weighted by atomic mass is 9.80. The van der Waals surface area contributed by atoms with Crippen molar-refractivity contribution in [3.8, 4) is 68.6 Å². The minimum Gasteiger partial charge on any atom is -0.508 e. The second-order valence-electron chi connectivity index (χ2n) is 16.6. The normalized spacial score (nSPS) is 15.0. The first-order chi connectivity index (χ1) is 31.8. The molecular formula is C54H30I4O8. The van der Waals surface area contributed by atoms with E-state index in [1.807, 2.05) is 97.1 Å². The standard InChI is InChI=1S/C54H30I4O8/c55-38-16-28(17-39(56)49(38)63)45-31-10-5-23-4-9-30(59)21-36(23)51(31)65-52-32(45)12-7-25-15-35(43(61)22-37(25)52)27-14-26-8-13-34-46(29-18-40(57)50(64)41(58)19-29)33-11-6-24-2-1-3-42(60)47(24)53(33)66-54(34)48(26)44(62)20-27/h1-22,45-46,59-64H. The SMILES string of the molecule is Oc1ccc2ccc3c(c2c1)Oc1c(ccc2cc(-c4cc(O)c5c6c(ccc5c4)C(c4cc(I)c(O)c(I)c4)c4ccc5cccc(O)c5c4O6)c(O)cc12)C3c1cc(I)c(O)c(I)c1. The van der Waals surface area contributed by atoms with Crippen LogP contribution in [0.15, 0.2) is 133 Å². The second-order valence-corrected chi connectivity index (χ2v) is 21.3. The quantitative estimate of drug-likeness (QED) is 0.0962. The van der Waals surface area contributed by atoms with Gasteiger partial charge in [0.25, 0.3) is 0 Å². The van der Waals surface area contributed by atoms with Gasteiger partial charge in [-0.1, -0.05) is 66.7 Å². The Morgan fingerprint density at radius 3 is 1.47 bits per heavy atom. The smallest absolute Gasteiger partial charge is 0.143 e. The van der Waals surface area contributed by atoms with Crippen LogP contribution < -0.4 is 9.47 Å². The zero-order valence-corrected chi connectivity index (χ0v) is 42.5. The maximum Gasteiger partial charge on any atom is 0.143 e. The number of aromatic hydroxyl groups is 6. The van der Waals surface area contributed by atoms with Crippen LogP contribution in [0, 0.1) is 14.3 Å². The summed E-state index contributed by atoms with van der Waals surface area (Å²) in [6, 6.07) is 41.6. The molecule has 12 rings (SSSR count). The van der Waals surface area contributed by atoms with Crippen LogP contribution in [0.1, 0.15) is 45.2 Å². The Bertz CT molecular complexity index is 3770. The molecular weight excluding hydrogens is 1280 g/mol. The zero-order valence-electron chi connectivity index (χ0n) is 33.9. The van der Waals surface area contributed by atoms with Crippen molar-refractivity contribution in [1.82, 2.24) is 0 Å². The van der Waals surface area contributed by atoms with Gasteiger partial charge in [0.15, 0.2) is 0 Å². The average molecular weight is 1310 g/mol. The summed E-state index contributed by atoms with van der Waals surface area (Å²) < 4.78 is 16.6. The highest BCUT2D eigenvalue weighted by Gasteiger charge is 2.35. The van der Waals surface area contributed by atoms with Gasteiger partial charge in [-0.15, -0.1) is 0 Å². The number of rotatable bonds is 3. The van der Waals surface area contributed by atoms with Crippen molar-refractivity contribution in [3.05, 3.63) is 181 Å². The summed E-state index contributed by atoms with van der Waals surface area (Å²) in [7, 11) is 0. The van der Waals surface area contributed by atoms with E-state index in [2.05, 4.69) is 90.4 Å². The molecule has 8 nitrogen and oxygen atoms in total. The predicted molar refractivity (Wildman–Crippen MR) is 291 cm³/mol. The first-order valence-electron chi connectivity index (χ1n) is 20.6. The first-order valence-corrected chi connectivity index (χ1v) is 25.0. The monoisotopic (exact) mass is 1310 g/mol. The van der Waals surface area contributed by atoms with E-state index < -0.39 is 0 Å². The molecule has 0 aliphatic carbocycles. The minimum absolute atomic E-state index is 0.0217. The van der Waals surface area contributed by atoms with Crippen LogP contribution in [0.25, 0.3) is 54.2 Å². The number of hydrogen-bond donors (Lipinski definition) is 6. The third-order valence-electron chi connectivity index (χ3n) is 12.9. The average Bonchev–Trinajstić information content (AvgIpc) is 3.30. The van der Waals surface area contributed by atoms with Crippen LogP contribution >= 0.6 is 90.4 Å². The van der Waals surface area contributed by atoms with Gasteiger partial charge in [0.2, 0.25) is 0 Å². The van der Waals surface area contributed by atoms with Gasteiger partial charge in [0, 0.05) is 50.4 Å². The summed E-state index contributed by atoms with van der Waals surface area (Å²) in [6.07, 6.45) is 0. The highest BCUT2D eigenvalue weighted by molar-refractivity contribution is 14.1. The third-order valence-corrected chi connectivity index (χ3v) is 16.2. The number of fused-ring (bicyclic) bond motifs is 12. The molecule has 0 saturated carbocycles. The zero-order chi connectivity index (χ0) is 45.4. The van der Waals surface area contributed by atoms with Gasteiger partial charge in [-0.3, -0.25) is 0 Å². The topological polar surface area (TPSA) is 140 Å². The molecule has 66 heavy (non-hydrogen) atoms. The van der Waals surface area contributed by atoms with Gasteiger partial charge >= 0.3 is 0 Å². The molecule has 10 aromatic rings. The van der Waals surface area contributed by atoms with Gasteiger partial charge < -0.3 is 40.1 Å². The number of phenolic OH excluding ortho intramolecular Hbond substituents is 6. The van der Waals surface area contributed by atoms with Gasteiger partial charge in [0.05, 0.1) is 25.1 Å². The number of phenols is 6. The predicted octanol–water partition coefficient (Wildman–Crippen LogP) is 15.2. The van der Waals surface area contributed by atoms with Crippen LogP contribution in [-0.4, -0.2) is 30.6 Å². The van der Waals surface area contributed by atoms with Crippen LogP contribution in [-0.2, 0) is 0 Å². The maximum absolute atomic E-state index is 12.1. The fourth-order valence-electron chi connectivity index (χ4n) is 9.92. The Kier molecular flexibility index (Phi) is 9.89. The second kappa shape index (κ2) is 15.6. The Morgan fingerprint density at radius 2 is 0.864 bits per heavy atom. The van der Waals surface area contributed by atoms with E-state index in [1.165, 1.54) is 0 Å². The Morgan fingerprint density at radius 1 is 0.379 bits per heavy atom. The minimum atomic E-state index is -0.368. The van der Waals surface area contributed by atoms with E-state index >= 15 is 0 Å². The lowest BCUT2D eigenvalue weighted by Gasteiger charge is -2.31. The van der Waals surface area contributed by atoms with E-state index in [0.29, 0.717) is 62.8 Å². The molecule has 0 amide bonds. The van der Waals surface area contributed by atoms with E-state index in [1.54, 1.807) is 36.4 Å². The van der Waals surface area contributed by atoms with Crippen molar-refractivity contribution < 1.29 is 40.1 Å². The summed E-state index contributed by atoms with van der Waals surface area (Å²) in [6.45, 7) is 0. The van der Waals surface area contributed by atoms with Crippen molar-refractivity contribution in [2.24, 2.45) is 0 Å². The fraction of sp³-hybridized carbons (Fsp3) is 0.0370. The summed E-state index contributed by atoms with van der Waals surface area (Å²) in [5, 5.41) is 73.1. The highest BCUT2D eigenvalue weighted by atomic mass is 127.